The first-order chi connectivity index (χ1) is 27.3. The van der Waals surface area contributed by atoms with Crippen molar-refractivity contribution in [3.05, 3.63) is 188 Å². The number of nitrogens with zero attached hydrogens (tertiary/aromatic N) is 3. The fourth-order valence-electron chi connectivity index (χ4n) is 9.10. The summed E-state index contributed by atoms with van der Waals surface area (Å²) < 4.78 is 2.29. The van der Waals surface area contributed by atoms with Crippen LogP contribution in [0.4, 0.5) is 0 Å². The van der Waals surface area contributed by atoms with Crippen LogP contribution in [0.15, 0.2) is 188 Å². The van der Waals surface area contributed by atoms with Crippen molar-refractivity contribution in [2.45, 2.75) is 0 Å². The highest BCUT2D eigenvalue weighted by Gasteiger charge is 2.20. The first-order valence-electron chi connectivity index (χ1n) is 18.8. The number of hydrogen-bond donors (Lipinski definition) is 0. The van der Waals surface area contributed by atoms with Gasteiger partial charge in [0, 0.05) is 17.0 Å². The molecule has 0 bridgehead atoms. The van der Waals surface area contributed by atoms with E-state index in [-0.39, 0.29) is 0 Å². The summed E-state index contributed by atoms with van der Waals surface area (Å²) >= 11 is 0. The summed E-state index contributed by atoms with van der Waals surface area (Å²) in [6, 6.07) is 66.4. The van der Waals surface area contributed by atoms with Gasteiger partial charge in [-0.2, -0.15) is 0 Å². The third-order valence-electron chi connectivity index (χ3n) is 11.6. The lowest BCUT2D eigenvalue weighted by Crippen LogP contribution is -1.94. The number of hydrogen-bond acceptors (Lipinski definition) is 2. The first-order valence-corrected chi connectivity index (χ1v) is 18.8. The predicted molar refractivity (Wildman–Crippen MR) is 232 cm³/mol. The van der Waals surface area contributed by atoms with Crippen LogP contribution in [0, 0.1) is 0 Å². The van der Waals surface area contributed by atoms with Gasteiger partial charge in [0.15, 0.2) is 0 Å². The molecule has 0 saturated heterocycles. The molecule has 0 aliphatic heterocycles. The standard InChI is InChI=1S/C52H31N3/c1-2-13-34-29-37(23-22-32(34)11-1)49-40-16-5-6-17-41(40)50(39-18-9-14-33-12-3-4-15-38(33)39)42-26-24-35(30-44(42)49)36-25-27-47-45(31-36)51-43(19-10-28-53-51)52-54-46-20-7-8-21-48(46)55(47)52/h1-31H. The molecule has 0 N–H and O–H groups in total. The molecule has 0 aliphatic rings. The molecule has 254 valence electrons. The van der Waals surface area contributed by atoms with E-state index in [0.29, 0.717) is 0 Å². The summed E-state index contributed by atoms with van der Waals surface area (Å²) in [7, 11) is 0. The molecular formula is C52H31N3. The number of rotatable bonds is 3. The zero-order valence-corrected chi connectivity index (χ0v) is 29.7. The van der Waals surface area contributed by atoms with Crippen molar-refractivity contribution in [2.24, 2.45) is 0 Å². The monoisotopic (exact) mass is 697 g/mol. The minimum absolute atomic E-state index is 0.933. The molecule has 0 atom stereocenters. The van der Waals surface area contributed by atoms with Crippen molar-refractivity contribution in [3.8, 4) is 33.4 Å². The summed E-state index contributed by atoms with van der Waals surface area (Å²) in [5, 5.41) is 12.1. The van der Waals surface area contributed by atoms with Gasteiger partial charge < -0.3 is 0 Å². The van der Waals surface area contributed by atoms with Crippen molar-refractivity contribution >= 4 is 81.6 Å². The largest absolute Gasteiger partial charge is 0.292 e. The van der Waals surface area contributed by atoms with E-state index in [9.17, 15) is 0 Å². The fraction of sp³-hybridized carbons (Fsp3) is 0. The van der Waals surface area contributed by atoms with Crippen molar-refractivity contribution in [1.29, 1.82) is 0 Å². The normalized spacial score (nSPS) is 12.0. The summed E-state index contributed by atoms with van der Waals surface area (Å²) in [5.41, 5.74) is 12.4. The molecule has 0 amide bonds. The van der Waals surface area contributed by atoms with E-state index in [2.05, 4.69) is 180 Å². The zero-order valence-electron chi connectivity index (χ0n) is 29.7. The molecule has 12 aromatic rings. The molecule has 0 aliphatic carbocycles. The molecule has 0 saturated carbocycles. The number of imidazole rings is 1. The number of fused-ring (bicyclic) bond motifs is 12. The van der Waals surface area contributed by atoms with Crippen molar-refractivity contribution in [1.82, 2.24) is 14.4 Å². The maximum absolute atomic E-state index is 5.07. The Morgan fingerprint density at radius 1 is 0.364 bits per heavy atom. The fourth-order valence-corrected chi connectivity index (χ4v) is 9.10. The van der Waals surface area contributed by atoms with Gasteiger partial charge in [-0.1, -0.05) is 133 Å². The average Bonchev–Trinajstić information content (AvgIpc) is 3.65. The van der Waals surface area contributed by atoms with Crippen LogP contribution in [0.25, 0.3) is 115 Å². The van der Waals surface area contributed by atoms with Gasteiger partial charge in [0.2, 0.25) is 0 Å². The van der Waals surface area contributed by atoms with Gasteiger partial charge in [0.05, 0.1) is 22.1 Å². The highest BCUT2D eigenvalue weighted by atomic mass is 15.0. The van der Waals surface area contributed by atoms with Gasteiger partial charge >= 0.3 is 0 Å². The molecule has 0 unspecified atom stereocenters. The maximum Gasteiger partial charge on any atom is 0.147 e. The molecule has 0 spiro atoms. The second kappa shape index (κ2) is 11.6. The van der Waals surface area contributed by atoms with Crippen LogP contribution in [0.5, 0.6) is 0 Å². The van der Waals surface area contributed by atoms with Crippen molar-refractivity contribution in [3.63, 3.8) is 0 Å². The average molecular weight is 698 g/mol. The van der Waals surface area contributed by atoms with Crippen molar-refractivity contribution in [2.75, 3.05) is 0 Å². The summed E-state index contributed by atoms with van der Waals surface area (Å²) in [4.78, 5) is 10.0. The van der Waals surface area contributed by atoms with Gasteiger partial charge in [0.1, 0.15) is 5.65 Å². The molecule has 3 aromatic heterocycles. The highest BCUT2D eigenvalue weighted by molar-refractivity contribution is 6.24. The minimum atomic E-state index is 0.933. The van der Waals surface area contributed by atoms with E-state index in [1.165, 1.54) is 65.3 Å². The van der Waals surface area contributed by atoms with Crippen LogP contribution < -0.4 is 0 Å². The molecule has 0 fully saturated rings. The Morgan fingerprint density at radius 3 is 1.91 bits per heavy atom. The van der Waals surface area contributed by atoms with Crippen LogP contribution in [-0.4, -0.2) is 14.4 Å². The lowest BCUT2D eigenvalue weighted by Gasteiger charge is -2.20. The minimum Gasteiger partial charge on any atom is -0.292 e. The van der Waals surface area contributed by atoms with E-state index in [0.717, 1.165) is 49.6 Å². The maximum atomic E-state index is 5.07. The number of para-hydroxylation sites is 2. The Balaban J connectivity index is 1.19. The quantitative estimate of drug-likeness (QED) is 0.136. The smallest absolute Gasteiger partial charge is 0.147 e. The van der Waals surface area contributed by atoms with Crippen LogP contribution in [0.3, 0.4) is 0 Å². The predicted octanol–water partition coefficient (Wildman–Crippen LogP) is 13.8. The van der Waals surface area contributed by atoms with E-state index in [1.807, 2.05) is 12.3 Å². The Kier molecular flexibility index (Phi) is 6.34. The van der Waals surface area contributed by atoms with Crippen LogP contribution in [0.1, 0.15) is 0 Å². The molecule has 3 nitrogen and oxygen atoms in total. The second-order valence-corrected chi connectivity index (χ2v) is 14.5. The zero-order chi connectivity index (χ0) is 36.0. The van der Waals surface area contributed by atoms with Gasteiger partial charge in [-0.05, 0) is 125 Å². The molecular weight excluding hydrogens is 667 g/mol. The van der Waals surface area contributed by atoms with E-state index < -0.39 is 0 Å². The summed E-state index contributed by atoms with van der Waals surface area (Å²) in [5.74, 6) is 0. The highest BCUT2D eigenvalue weighted by Crippen LogP contribution is 2.47. The van der Waals surface area contributed by atoms with Gasteiger partial charge in [-0.25, -0.2) is 4.98 Å². The SMILES string of the molecule is c1ccc2cc(-c3c4ccccc4c(-c4cccc5ccccc45)c4ccc(-c5ccc6c(c5)c5ncccc5c5nc7ccccc7n65)cc34)ccc2c1. The number of aromatic nitrogens is 3. The molecule has 3 heterocycles. The lowest BCUT2D eigenvalue weighted by atomic mass is 9.83. The molecule has 0 radical (unpaired) electrons. The number of benzene rings is 9. The van der Waals surface area contributed by atoms with Crippen LogP contribution in [-0.2, 0) is 0 Å². The molecule has 12 rings (SSSR count). The van der Waals surface area contributed by atoms with E-state index >= 15 is 0 Å². The lowest BCUT2D eigenvalue weighted by molar-refractivity contribution is 1.30. The molecule has 9 aromatic carbocycles. The van der Waals surface area contributed by atoms with E-state index in [1.54, 1.807) is 0 Å². The van der Waals surface area contributed by atoms with Gasteiger partial charge in [0.25, 0.3) is 0 Å². The third-order valence-corrected chi connectivity index (χ3v) is 11.6. The Labute approximate surface area is 316 Å². The Bertz CT molecular complexity index is 3550. The second-order valence-electron chi connectivity index (χ2n) is 14.5. The van der Waals surface area contributed by atoms with Gasteiger partial charge in [-0.3, -0.25) is 9.38 Å². The summed E-state index contributed by atoms with van der Waals surface area (Å²) in [6.45, 7) is 0. The third kappa shape index (κ3) is 4.44. The first kappa shape index (κ1) is 30.1. The molecule has 55 heavy (non-hydrogen) atoms. The van der Waals surface area contributed by atoms with Gasteiger partial charge in [-0.15, -0.1) is 0 Å². The van der Waals surface area contributed by atoms with Crippen LogP contribution in [0.2, 0.25) is 0 Å². The van der Waals surface area contributed by atoms with Crippen molar-refractivity contribution < 1.29 is 0 Å². The molecule has 3 heteroatoms. The Hall–Kier alpha value is -7.36. The topological polar surface area (TPSA) is 30.2 Å². The van der Waals surface area contributed by atoms with E-state index in [4.69, 9.17) is 9.97 Å². The number of pyridine rings is 2. The Morgan fingerprint density at radius 2 is 1.02 bits per heavy atom. The van der Waals surface area contributed by atoms with Crippen LogP contribution >= 0.6 is 0 Å². The summed E-state index contributed by atoms with van der Waals surface area (Å²) in [6.07, 6.45) is 1.89.